The Morgan fingerprint density at radius 3 is 1.94 bits per heavy atom. The van der Waals surface area contributed by atoms with E-state index in [1.165, 1.54) is 11.1 Å². The molecule has 5 rings (SSSR count). The van der Waals surface area contributed by atoms with Crippen molar-refractivity contribution in [3.8, 4) is 22.5 Å². The first kappa shape index (κ1) is 19.0. The third kappa shape index (κ3) is 3.90. The Morgan fingerprint density at radius 2 is 1.29 bits per heavy atom. The molecule has 0 N–H and O–H groups in total. The summed E-state index contributed by atoms with van der Waals surface area (Å²) in [5.41, 5.74) is 6.93. The minimum atomic E-state index is 0.626. The Labute approximate surface area is 181 Å². The van der Waals surface area contributed by atoms with Crippen molar-refractivity contribution in [1.29, 1.82) is 0 Å². The monoisotopic (exact) mass is 405 g/mol. The van der Waals surface area contributed by atoms with E-state index in [0.29, 0.717) is 6.54 Å². The van der Waals surface area contributed by atoms with E-state index < -0.39 is 0 Å². The molecular weight excluding hydrogens is 382 g/mol. The highest BCUT2D eigenvalue weighted by atomic mass is 15.5. The van der Waals surface area contributed by atoms with Crippen LogP contribution in [0.3, 0.4) is 0 Å². The molecule has 0 saturated heterocycles. The molecule has 5 nitrogen and oxygen atoms in total. The fourth-order valence-electron chi connectivity index (χ4n) is 3.97. The summed E-state index contributed by atoms with van der Waals surface area (Å²) in [7, 11) is 0. The first-order valence-electron chi connectivity index (χ1n) is 10.4. The Hall–Kier alpha value is -3.99. The van der Waals surface area contributed by atoms with Gasteiger partial charge in [-0.15, -0.1) is 5.10 Å². The summed E-state index contributed by atoms with van der Waals surface area (Å²) in [6, 6.07) is 31.2. The van der Waals surface area contributed by atoms with Crippen LogP contribution in [0.1, 0.15) is 16.8 Å². The van der Waals surface area contributed by atoms with Crippen molar-refractivity contribution in [3.63, 3.8) is 0 Å². The van der Waals surface area contributed by atoms with Crippen LogP contribution in [0.25, 0.3) is 22.5 Å². The molecule has 0 fully saturated rings. The Morgan fingerprint density at radius 1 is 0.710 bits per heavy atom. The van der Waals surface area contributed by atoms with Crippen molar-refractivity contribution in [2.24, 2.45) is 0 Å². The minimum absolute atomic E-state index is 0.626. The molecule has 0 unspecified atom stereocenters. The highest BCUT2D eigenvalue weighted by Crippen LogP contribution is 2.35. The van der Waals surface area contributed by atoms with Gasteiger partial charge in [0, 0.05) is 29.6 Å². The topological polar surface area (TPSA) is 48.5 Å². The summed E-state index contributed by atoms with van der Waals surface area (Å²) in [6.07, 6.45) is 2.22. The molecule has 0 saturated carbocycles. The first-order chi connectivity index (χ1) is 15.3. The van der Waals surface area contributed by atoms with Crippen molar-refractivity contribution in [2.75, 3.05) is 0 Å². The van der Waals surface area contributed by atoms with Crippen LogP contribution >= 0.6 is 0 Å². The van der Waals surface area contributed by atoms with Gasteiger partial charge in [0.1, 0.15) is 0 Å². The summed E-state index contributed by atoms with van der Waals surface area (Å²) in [5.74, 6) is 0.784. The molecule has 0 aliphatic heterocycles. The van der Waals surface area contributed by atoms with Crippen LogP contribution < -0.4 is 0 Å². The minimum Gasteiger partial charge on any atom is -0.346 e. The number of aromatic nitrogens is 5. The van der Waals surface area contributed by atoms with E-state index >= 15 is 0 Å². The van der Waals surface area contributed by atoms with E-state index in [1.807, 2.05) is 35.0 Å². The van der Waals surface area contributed by atoms with Crippen LogP contribution in [0.2, 0.25) is 0 Å². The predicted molar refractivity (Wildman–Crippen MR) is 123 cm³/mol. The highest BCUT2D eigenvalue weighted by molar-refractivity contribution is 5.82. The second kappa shape index (κ2) is 8.40. The number of hydrogen-bond acceptors (Lipinski definition) is 3. The van der Waals surface area contributed by atoms with Gasteiger partial charge in [0.15, 0.2) is 5.82 Å². The maximum Gasteiger partial charge on any atom is 0.184 e. The molecule has 5 aromatic rings. The van der Waals surface area contributed by atoms with Gasteiger partial charge in [-0.2, -0.15) is 0 Å². The molecule has 0 amide bonds. The van der Waals surface area contributed by atoms with Crippen molar-refractivity contribution in [2.45, 2.75) is 20.0 Å². The standard InChI is InChI=1S/C26H23N5/c1-20-25(26-27-28-29-31(26)18-22-13-7-3-8-14-22)24(23-15-9-4-10-16-23)19-30(20)17-21-11-5-2-6-12-21/h2-16,19H,17-18H2,1H3. The van der Waals surface area contributed by atoms with Crippen LogP contribution in [0.4, 0.5) is 0 Å². The molecule has 5 heteroatoms. The van der Waals surface area contributed by atoms with E-state index in [2.05, 4.69) is 93.9 Å². The summed E-state index contributed by atoms with van der Waals surface area (Å²) < 4.78 is 4.17. The first-order valence-corrected chi connectivity index (χ1v) is 10.4. The third-order valence-electron chi connectivity index (χ3n) is 5.56. The predicted octanol–water partition coefficient (Wildman–Crippen LogP) is 5.21. The van der Waals surface area contributed by atoms with Gasteiger partial charge < -0.3 is 4.57 Å². The number of nitrogens with zero attached hydrogens (tertiary/aromatic N) is 5. The normalized spacial score (nSPS) is 11.0. The Bertz CT molecular complexity index is 1270. The molecule has 0 aliphatic carbocycles. The van der Waals surface area contributed by atoms with Crippen molar-refractivity contribution < 1.29 is 0 Å². The molecule has 2 aromatic heterocycles. The fourth-order valence-corrected chi connectivity index (χ4v) is 3.97. The number of tetrazole rings is 1. The number of hydrogen-bond donors (Lipinski definition) is 0. The zero-order chi connectivity index (χ0) is 21.0. The van der Waals surface area contributed by atoms with Crippen molar-refractivity contribution in [3.05, 3.63) is 114 Å². The van der Waals surface area contributed by atoms with E-state index in [0.717, 1.165) is 34.8 Å². The second-order valence-electron chi connectivity index (χ2n) is 7.63. The lowest BCUT2D eigenvalue weighted by Crippen LogP contribution is -2.06. The van der Waals surface area contributed by atoms with Gasteiger partial charge in [0.05, 0.1) is 6.54 Å². The fraction of sp³-hybridized carbons (Fsp3) is 0.115. The quantitative estimate of drug-likeness (QED) is 0.389. The van der Waals surface area contributed by atoms with Gasteiger partial charge in [-0.1, -0.05) is 91.0 Å². The molecule has 152 valence electrons. The zero-order valence-electron chi connectivity index (χ0n) is 17.4. The SMILES string of the molecule is Cc1c(-c2nnnn2Cc2ccccc2)c(-c2ccccc2)cn1Cc1ccccc1. The number of benzene rings is 3. The van der Waals surface area contributed by atoms with Crippen molar-refractivity contribution >= 4 is 0 Å². The molecule has 2 heterocycles. The van der Waals surface area contributed by atoms with Gasteiger partial charge in [0.2, 0.25) is 0 Å². The number of rotatable bonds is 6. The van der Waals surface area contributed by atoms with E-state index in [1.54, 1.807) is 0 Å². The maximum absolute atomic E-state index is 4.44. The van der Waals surface area contributed by atoms with Crippen LogP contribution in [0, 0.1) is 6.92 Å². The molecule has 0 aliphatic rings. The average Bonchev–Trinajstić information content (AvgIpc) is 3.39. The van der Waals surface area contributed by atoms with Gasteiger partial charge in [-0.25, -0.2) is 4.68 Å². The summed E-state index contributed by atoms with van der Waals surface area (Å²) in [6.45, 7) is 3.57. The smallest absolute Gasteiger partial charge is 0.184 e. The zero-order valence-corrected chi connectivity index (χ0v) is 17.4. The van der Waals surface area contributed by atoms with Crippen LogP contribution in [-0.2, 0) is 13.1 Å². The van der Waals surface area contributed by atoms with E-state index in [-0.39, 0.29) is 0 Å². The van der Waals surface area contributed by atoms with Crippen LogP contribution in [0.5, 0.6) is 0 Å². The molecule has 0 atom stereocenters. The lowest BCUT2D eigenvalue weighted by molar-refractivity contribution is 0.653. The molecule has 0 radical (unpaired) electrons. The summed E-state index contributed by atoms with van der Waals surface area (Å²) in [4.78, 5) is 0. The third-order valence-corrected chi connectivity index (χ3v) is 5.56. The van der Waals surface area contributed by atoms with Gasteiger partial charge in [-0.05, 0) is 34.0 Å². The Kier molecular flexibility index (Phi) is 5.15. The largest absolute Gasteiger partial charge is 0.346 e. The van der Waals surface area contributed by atoms with E-state index in [9.17, 15) is 0 Å². The summed E-state index contributed by atoms with van der Waals surface area (Å²) in [5, 5.41) is 12.8. The lowest BCUT2D eigenvalue weighted by atomic mass is 10.0. The van der Waals surface area contributed by atoms with Gasteiger partial charge in [0.25, 0.3) is 0 Å². The maximum atomic E-state index is 4.44. The van der Waals surface area contributed by atoms with Crippen molar-refractivity contribution in [1.82, 2.24) is 24.8 Å². The highest BCUT2D eigenvalue weighted by Gasteiger charge is 2.21. The second-order valence-corrected chi connectivity index (χ2v) is 7.63. The molecule has 0 bridgehead atoms. The van der Waals surface area contributed by atoms with Gasteiger partial charge in [-0.3, -0.25) is 0 Å². The molecule has 3 aromatic carbocycles. The lowest BCUT2D eigenvalue weighted by Gasteiger charge is -2.09. The molecule has 0 spiro atoms. The Balaban J connectivity index is 1.62. The molecule has 31 heavy (non-hydrogen) atoms. The average molecular weight is 406 g/mol. The van der Waals surface area contributed by atoms with Crippen LogP contribution in [-0.4, -0.2) is 24.8 Å². The molecular formula is C26H23N5. The van der Waals surface area contributed by atoms with E-state index in [4.69, 9.17) is 0 Å². The summed E-state index contributed by atoms with van der Waals surface area (Å²) >= 11 is 0. The van der Waals surface area contributed by atoms with Crippen LogP contribution in [0.15, 0.2) is 97.2 Å². The van der Waals surface area contributed by atoms with Gasteiger partial charge >= 0.3 is 0 Å².